The normalized spacial score (nSPS) is 11.9. The van der Waals surface area contributed by atoms with Crippen LogP contribution in [0.1, 0.15) is 11.1 Å². The van der Waals surface area contributed by atoms with Gasteiger partial charge in [0, 0.05) is 36.9 Å². The zero-order valence-corrected chi connectivity index (χ0v) is 27.9. The van der Waals surface area contributed by atoms with E-state index in [0.29, 0.717) is 17.5 Å². The third kappa shape index (κ3) is 4.84. The summed E-state index contributed by atoms with van der Waals surface area (Å²) in [5, 5.41) is 2.56. The first kappa shape index (κ1) is 28.8. The summed E-state index contributed by atoms with van der Waals surface area (Å²) in [5.41, 5.74) is 13.1. The van der Waals surface area contributed by atoms with Gasteiger partial charge in [-0.2, -0.15) is 0 Å². The number of benzene rings is 7. The van der Waals surface area contributed by atoms with Crippen molar-refractivity contribution >= 4 is 31.5 Å². The van der Waals surface area contributed by atoms with Crippen LogP contribution in [0.4, 0.5) is 0 Å². The fourth-order valence-corrected chi connectivity index (χ4v) is 8.60. The van der Waals surface area contributed by atoms with Crippen LogP contribution in [-0.4, -0.2) is 15.0 Å². The molecule has 0 bridgehead atoms. The molecule has 0 spiro atoms. The molecule has 9 aromatic rings. The quantitative estimate of drug-likeness (QED) is 0.185. The molecule has 10 rings (SSSR count). The van der Waals surface area contributed by atoms with Crippen LogP contribution < -0.4 is 0 Å². The Morgan fingerprint density at radius 2 is 0.960 bits per heavy atom. The maximum absolute atomic E-state index is 5.22. The first-order chi connectivity index (χ1) is 24.8. The van der Waals surface area contributed by atoms with E-state index in [1.54, 1.807) is 0 Å². The predicted octanol–water partition coefficient (Wildman–Crippen LogP) is 12.1. The molecule has 0 radical (unpaired) electrons. The molecule has 50 heavy (non-hydrogen) atoms. The number of fused-ring (bicyclic) bond motifs is 6. The number of hydrogen-bond acceptors (Lipinski definition) is 4. The largest absolute Gasteiger partial charge is 0.208 e. The molecule has 2 heterocycles. The second-order valence-electron chi connectivity index (χ2n) is 12.8. The van der Waals surface area contributed by atoms with Crippen LogP contribution in [-0.2, 0) is 6.42 Å². The van der Waals surface area contributed by atoms with E-state index in [4.69, 9.17) is 15.0 Å². The molecule has 3 nitrogen and oxygen atoms in total. The number of rotatable bonds is 5. The first-order valence-electron chi connectivity index (χ1n) is 16.9. The van der Waals surface area contributed by atoms with Crippen molar-refractivity contribution < 1.29 is 0 Å². The summed E-state index contributed by atoms with van der Waals surface area (Å²) in [7, 11) is 0. The average molecular weight is 656 g/mol. The number of aromatic nitrogens is 3. The molecule has 1 aliphatic carbocycles. The third-order valence-electron chi connectivity index (χ3n) is 9.77. The molecular weight excluding hydrogens is 627 g/mol. The van der Waals surface area contributed by atoms with Crippen LogP contribution >= 0.6 is 11.3 Å². The zero-order chi connectivity index (χ0) is 33.0. The molecule has 0 atom stereocenters. The highest BCUT2D eigenvalue weighted by Crippen LogP contribution is 2.47. The maximum atomic E-state index is 5.22. The van der Waals surface area contributed by atoms with Gasteiger partial charge in [0.15, 0.2) is 17.5 Å². The van der Waals surface area contributed by atoms with Crippen molar-refractivity contribution in [3.8, 4) is 67.5 Å². The minimum Gasteiger partial charge on any atom is -0.208 e. The minimum atomic E-state index is 0.653. The Hall–Kier alpha value is -6.23. The lowest BCUT2D eigenvalue weighted by molar-refractivity contribution is 1.07. The van der Waals surface area contributed by atoms with Gasteiger partial charge < -0.3 is 0 Å². The topological polar surface area (TPSA) is 38.7 Å². The Morgan fingerprint density at radius 1 is 0.380 bits per heavy atom. The Balaban J connectivity index is 1.21. The van der Waals surface area contributed by atoms with Crippen molar-refractivity contribution in [3.63, 3.8) is 0 Å². The Kier molecular flexibility index (Phi) is 6.74. The molecule has 0 amide bonds. The van der Waals surface area contributed by atoms with E-state index in [9.17, 15) is 0 Å². The minimum absolute atomic E-state index is 0.653. The fourth-order valence-electron chi connectivity index (χ4n) is 7.42. The van der Waals surface area contributed by atoms with Gasteiger partial charge in [0.25, 0.3) is 0 Å². The Labute approximate surface area is 294 Å². The van der Waals surface area contributed by atoms with Gasteiger partial charge >= 0.3 is 0 Å². The van der Waals surface area contributed by atoms with E-state index in [0.717, 1.165) is 34.2 Å². The van der Waals surface area contributed by atoms with E-state index in [2.05, 4.69) is 140 Å². The zero-order valence-electron chi connectivity index (χ0n) is 27.0. The summed E-state index contributed by atoms with van der Waals surface area (Å²) in [6.07, 6.45) is 0.918. The van der Waals surface area contributed by atoms with Crippen molar-refractivity contribution in [1.82, 2.24) is 15.0 Å². The molecule has 4 heteroatoms. The van der Waals surface area contributed by atoms with Gasteiger partial charge in [-0.1, -0.05) is 140 Å². The van der Waals surface area contributed by atoms with Crippen molar-refractivity contribution in [2.75, 3.05) is 0 Å². The molecule has 0 fully saturated rings. The van der Waals surface area contributed by atoms with Crippen molar-refractivity contribution in [2.45, 2.75) is 6.42 Å². The molecule has 234 valence electrons. The van der Waals surface area contributed by atoms with Crippen LogP contribution in [0, 0.1) is 0 Å². The molecule has 1 aliphatic rings. The van der Waals surface area contributed by atoms with E-state index >= 15 is 0 Å². The summed E-state index contributed by atoms with van der Waals surface area (Å²) in [6.45, 7) is 0. The van der Waals surface area contributed by atoms with Gasteiger partial charge in [-0.15, -0.1) is 11.3 Å². The van der Waals surface area contributed by atoms with Crippen molar-refractivity contribution in [2.24, 2.45) is 0 Å². The van der Waals surface area contributed by atoms with Gasteiger partial charge in [-0.25, -0.2) is 15.0 Å². The monoisotopic (exact) mass is 655 g/mol. The fraction of sp³-hybridized carbons (Fsp3) is 0.0217. The molecule has 0 aliphatic heterocycles. The van der Waals surface area contributed by atoms with Crippen molar-refractivity contribution in [3.05, 3.63) is 175 Å². The average Bonchev–Trinajstić information content (AvgIpc) is 3.77. The van der Waals surface area contributed by atoms with Gasteiger partial charge in [0.1, 0.15) is 0 Å². The number of hydrogen-bond donors (Lipinski definition) is 0. The van der Waals surface area contributed by atoms with Crippen LogP contribution in [0.15, 0.2) is 164 Å². The number of nitrogens with zero attached hydrogens (tertiary/aromatic N) is 3. The molecule has 0 unspecified atom stereocenters. The summed E-state index contributed by atoms with van der Waals surface area (Å²) in [4.78, 5) is 15.4. The van der Waals surface area contributed by atoms with Gasteiger partial charge in [0.2, 0.25) is 0 Å². The highest BCUT2D eigenvalue weighted by molar-refractivity contribution is 7.26. The lowest BCUT2D eigenvalue weighted by Gasteiger charge is -2.14. The Morgan fingerprint density at radius 3 is 1.78 bits per heavy atom. The number of thiophene rings is 1. The summed E-state index contributed by atoms with van der Waals surface area (Å²) >= 11 is 1.83. The molecular formula is C46H29N3S. The van der Waals surface area contributed by atoms with E-state index < -0.39 is 0 Å². The van der Waals surface area contributed by atoms with E-state index in [1.165, 1.54) is 53.6 Å². The first-order valence-corrected chi connectivity index (χ1v) is 17.7. The summed E-state index contributed by atoms with van der Waals surface area (Å²) in [5.74, 6) is 1.97. The van der Waals surface area contributed by atoms with Crippen LogP contribution in [0.5, 0.6) is 0 Å². The van der Waals surface area contributed by atoms with Gasteiger partial charge in [0.05, 0.1) is 0 Å². The van der Waals surface area contributed by atoms with Gasteiger partial charge in [-0.3, -0.25) is 0 Å². The maximum Gasteiger partial charge on any atom is 0.164 e. The highest BCUT2D eigenvalue weighted by atomic mass is 32.1. The van der Waals surface area contributed by atoms with Crippen LogP contribution in [0.25, 0.3) is 87.7 Å². The summed E-state index contributed by atoms with van der Waals surface area (Å²) < 4.78 is 2.50. The van der Waals surface area contributed by atoms with Crippen LogP contribution in [0.2, 0.25) is 0 Å². The lowest BCUT2D eigenvalue weighted by atomic mass is 9.91. The molecule has 0 saturated carbocycles. The lowest BCUT2D eigenvalue weighted by Crippen LogP contribution is -2.00. The highest BCUT2D eigenvalue weighted by Gasteiger charge is 2.24. The van der Waals surface area contributed by atoms with E-state index in [1.807, 2.05) is 35.6 Å². The molecule has 7 aromatic carbocycles. The predicted molar refractivity (Wildman–Crippen MR) is 208 cm³/mol. The van der Waals surface area contributed by atoms with E-state index in [-0.39, 0.29) is 0 Å². The van der Waals surface area contributed by atoms with Crippen molar-refractivity contribution in [1.29, 1.82) is 0 Å². The molecule has 0 saturated heterocycles. The molecule has 2 aromatic heterocycles. The van der Waals surface area contributed by atoms with Crippen LogP contribution in [0.3, 0.4) is 0 Å². The standard InChI is InChI=1S/C46H29N3S/c1-3-13-29(14-4-1)31-18-11-19-33(25-31)45-47-44(30-15-5-2-6-16-30)48-46(49-45)34-27-40(43-38-21-9-10-24-41(38)50-42(43)28-34)37-23-12-22-36-35-20-8-7-17-32(35)26-39(36)37/h1-25,27-28H,26H2. The van der Waals surface area contributed by atoms with Gasteiger partial charge in [-0.05, 0) is 75.2 Å². The second kappa shape index (κ2) is 11.7. The summed E-state index contributed by atoms with van der Waals surface area (Å²) in [6, 6.07) is 58.0. The second-order valence-corrected chi connectivity index (χ2v) is 13.9. The molecule has 0 N–H and O–H groups in total. The third-order valence-corrected chi connectivity index (χ3v) is 10.9. The SMILES string of the molecule is c1ccc(-c2cccc(-c3nc(-c4ccccc4)nc(-c4cc(-c5cccc6c5Cc5ccccc5-6)c5c(c4)sc4ccccc45)n3)c2)cc1. The smallest absolute Gasteiger partial charge is 0.164 e. The Bertz CT molecular complexity index is 2730.